The topological polar surface area (TPSA) is 263 Å². The third-order valence-electron chi connectivity index (χ3n) is 8.89. The summed E-state index contributed by atoms with van der Waals surface area (Å²) in [5.74, 6) is -2.63. The first-order valence-corrected chi connectivity index (χ1v) is 16.6. The first kappa shape index (κ1) is 37.1. The molecule has 3 aliphatic rings. The fourth-order valence-corrected chi connectivity index (χ4v) is 6.19. The van der Waals surface area contributed by atoms with E-state index in [-0.39, 0.29) is 41.6 Å². The van der Waals surface area contributed by atoms with Crippen LogP contribution in [0.5, 0.6) is 34.5 Å². The number of nitrogens with two attached hydrogens (primary N) is 1. The summed E-state index contributed by atoms with van der Waals surface area (Å²) in [6.45, 7) is -0.324. The number of amidine groups is 1. The van der Waals surface area contributed by atoms with Crippen LogP contribution in [0.3, 0.4) is 0 Å². The molecule has 0 aromatic heterocycles. The van der Waals surface area contributed by atoms with E-state index in [1.165, 1.54) is 24.3 Å². The largest absolute Gasteiger partial charge is 0.508 e. The number of rotatable bonds is 14. The van der Waals surface area contributed by atoms with Gasteiger partial charge in [-0.05, 0) is 59.3 Å². The second-order valence-electron chi connectivity index (χ2n) is 12.6. The number of aliphatic hydroxyl groups is 5. The number of phenols is 2. The second-order valence-corrected chi connectivity index (χ2v) is 12.6. The number of carboxylic acids is 1. The molecule has 280 valence electrons. The van der Waals surface area contributed by atoms with Crippen molar-refractivity contribution in [1.29, 1.82) is 0 Å². The van der Waals surface area contributed by atoms with Gasteiger partial charge in [-0.15, -0.1) is 0 Å². The predicted octanol–water partition coefficient (Wildman–Crippen LogP) is 1.06. The third-order valence-corrected chi connectivity index (χ3v) is 8.89. The van der Waals surface area contributed by atoms with E-state index >= 15 is 0 Å². The molecular formula is C37H39N2O14+. The van der Waals surface area contributed by atoms with Gasteiger partial charge in [-0.1, -0.05) is 24.3 Å². The minimum Gasteiger partial charge on any atom is -0.508 e. The van der Waals surface area contributed by atoms with Crippen LogP contribution in [0, 0.1) is 0 Å². The molecule has 1 saturated heterocycles. The molecule has 0 spiro atoms. The molecule has 10 N–H and O–H groups in total. The van der Waals surface area contributed by atoms with Gasteiger partial charge in [-0.25, -0.2) is 4.79 Å². The number of aromatic hydroxyl groups is 2. The number of phenolic OH excluding ortho intramolecular Hbond substituents is 2. The van der Waals surface area contributed by atoms with E-state index in [2.05, 4.69) is 4.99 Å². The van der Waals surface area contributed by atoms with E-state index in [1.807, 2.05) is 6.08 Å². The van der Waals surface area contributed by atoms with E-state index in [0.29, 0.717) is 35.7 Å². The fraction of sp³-hybridized carbons (Fsp3) is 0.324. The summed E-state index contributed by atoms with van der Waals surface area (Å²) in [7, 11) is 0. The quantitative estimate of drug-likeness (QED) is 0.112. The lowest BCUT2D eigenvalue weighted by Gasteiger charge is -2.46. The first-order valence-electron chi connectivity index (χ1n) is 16.6. The Kier molecular flexibility index (Phi) is 10.9. The maximum atomic E-state index is 12.2. The number of fused-ring (bicyclic) bond motifs is 1. The van der Waals surface area contributed by atoms with Crippen molar-refractivity contribution in [3.8, 4) is 34.5 Å². The van der Waals surface area contributed by atoms with Crippen LogP contribution in [0.25, 0.3) is 5.76 Å². The van der Waals surface area contributed by atoms with Crippen molar-refractivity contribution in [2.45, 2.75) is 62.2 Å². The van der Waals surface area contributed by atoms with Gasteiger partial charge in [0, 0.05) is 31.2 Å². The normalized spacial score (nSPS) is 24.8. The summed E-state index contributed by atoms with van der Waals surface area (Å²) < 4.78 is 29.2. The highest BCUT2D eigenvalue weighted by Gasteiger charge is 2.58. The Labute approximate surface area is 302 Å². The number of hydrogen-bond donors (Lipinski definition) is 9. The van der Waals surface area contributed by atoms with Gasteiger partial charge < -0.3 is 64.5 Å². The summed E-state index contributed by atoms with van der Waals surface area (Å²) >= 11 is 0. The number of allylic oxidation sites excluding steroid dienone is 1. The molecule has 0 amide bonds. The van der Waals surface area contributed by atoms with Crippen molar-refractivity contribution < 1.29 is 74.7 Å². The molecule has 16 nitrogen and oxygen atoms in total. The van der Waals surface area contributed by atoms with Crippen LogP contribution in [-0.2, 0) is 16.1 Å². The summed E-state index contributed by atoms with van der Waals surface area (Å²) in [5, 5.41) is 90.3. The minimum absolute atomic E-state index is 0.0567. The van der Waals surface area contributed by atoms with Gasteiger partial charge in [0.25, 0.3) is 0 Å². The summed E-state index contributed by atoms with van der Waals surface area (Å²) in [4.78, 5) is 16.4. The molecule has 6 atom stereocenters. The zero-order valence-corrected chi connectivity index (χ0v) is 28.1. The number of aliphatic imine (C=N–C) groups is 1. The second kappa shape index (κ2) is 15.5. The van der Waals surface area contributed by atoms with Crippen molar-refractivity contribution >= 4 is 23.3 Å². The van der Waals surface area contributed by atoms with E-state index in [1.54, 1.807) is 42.5 Å². The fourth-order valence-electron chi connectivity index (χ4n) is 6.19. The highest BCUT2D eigenvalue weighted by Crippen LogP contribution is 2.51. The molecule has 1 fully saturated rings. The lowest BCUT2D eigenvalue weighted by molar-refractivity contribution is -0.306. The molecule has 3 aromatic carbocycles. The summed E-state index contributed by atoms with van der Waals surface area (Å²) in [6, 6.07) is 14.1. The number of carboxylic acid groups (broad SMARTS) is 1. The molecule has 1 unspecified atom stereocenters. The number of hydrogen-bond acceptors (Lipinski definition) is 13. The summed E-state index contributed by atoms with van der Waals surface area (Å²) in [5.41, 5.74) is -0.813. The molecule has 3 aromatic rings. The average Bonchev–Trinajstić information content (AvgIpc) is 3.55. The lowest BCUT2D eigenvalue weighted by atomic mass is 9.80. The molecule has 6 rings (SSSR count). The molecule has 3 heterocycles. The van der Waals surface area contributed by atoms with Gasteiger partial charge in [0.05, 0.1) is 6.61 Å². The lowest BCUT2D eigenvalue weighted by Crippen LogP contribution is -2.68. The standard InChI is InChI=1S/C37H38N2O14/c38-28-10-7-21(39-28)11-14-49-23-8-5-20(6-9-23)25-16-24(42)29-26(51-25)17-27(32(30(29)43)50-18-19-3-1-4-22(41)15-19)52-36-31(44)33(45)37(48,12-2-13-40)34(53-36)35(46)47/h1,3-10,15-17,25,31,33-34,36,38,40-45,48H,2,11-14,18H2,(H,46,47)/p+1/t25?,31-,33+,34-,36-,37+/m1/s1. The molecule has 0 bridgehead atoms. The smallest absolute Gasteiger partial charge is 0.336 e. The summed E-state index contributed by atoms with van der Waals surface area (Å²) in [6.07, 6.45) is -4.17. The first-order chi connectivity index (χ1) is 25.4. The number of nitrogens with zero attached hydrogens (tertiary/aromatic N) is 1. The molecule has 3 aliphatic heterocycles. The number of aliphatic hydroxyl groups excluding tert-OH is 4. The van der Waals surface area contributed by atoms with Crippen molar-refractivity contribution in [3.05, 3.63) is 89.5 Å². The van der Waals surface area contributed by atoms with Gasteiger partial charge in [-0.2, -0.15) is 0 Å². The Morgan fingerprint density at radius 3 is 2.47 bits per heavy atom. The average molecular weight is 736 g/mol. The van der Waals surface area contributed by atoms with Crippen LogP contribution in [0.4, 0.5) is 0 Å². The highest BCUT2D eigenvalue weighted by atomic mass is 16.7. The van der Waals surface area contributed by atoms with Gasteiger partial charge in [-0.3, -0.25) is 5.41 Å². The van der Waals surface area contributed by atoms with Crippen LogP contribution in [0.15, 0.2) is 77.8 Å². The van der Waals surface area contributed by atoms with Crippen LogP contribution < -0.4 is 24.4 Å². The van der Waals surface area contributed by atoms with Gasteiger partial charge >= 0.3 is 11.8 Å². The number of carbonyl (C=O) groups is 1. The van der Waals surface area contributed by atoms with E-state index in [0.717, 1.165) is 5.71 Å². The van der Waals surface area contributed by atoms with Gasteiger partial charge in [0.2, 0.25) is 12.0 Å². The molecule has 0 saturated carbocycles. The third kappa shape index (κ3) is 7.91. The predicted molar refractivity (Wildman–Crippen MR) is 185 cm³/mol. The maximum Gasteiger partial charge on any atom is 0.336 e. The van der Waals surface area contributed by atoms with Crippen LogP contribution >= 0.6 is 0 Å². The van der Waals surface area contributed by atoms with Crippen molar-refractivity contribution in [2.75, 3.05) is 13.2 Å². The Bertz CT molecular complexity index is 1940. The Hall–Kier alpha value is -5.65. The van der Waals surface area contributed by atoms with E-state index in [9.17, 15) is 45.6 Å². The molecule has 0 aliphatic carbocycles. The zero-order chi connectivity index (χ0) is 37.9. The van der Waals surface area contributed by atoms with E-state index < -0.39 is 66.8 Å². The van der Waals surface area contributed by atoms with Crippen molar-refractivity contribution in [1.82, 2.24) is 0 Å². The van der Waals surface area contributed by atoms with Crippen molar-refractivity contribution in [3.63, 3.8) is 0 Å². The molecule has 0 radical (unpaired) electrons. The Balaban J connectivity index is 1.28. The number of aliphatic carboxylic acids is 1. The number of ether oxygens (including phenoxy) is 5. The molecular weight excluding hydrogens is 696 g/mol. The number of benzene rings is 3. The van der Waals surface area contributed by atoms with E-state index in [4.69, 9.17) is 29.1 Å². The van der Waals surface area contributed by atoms with Crippen molar-refractivity contribution in [2.24, 2.45) is 4.99 Å². The highest BCUT2D eigenvalue weighted by molar-refractivity contribution is 6.13. The maximum absolute atomic E-state index is 12.2. The SMILES string of the molecule is [NH2+]=C1C=CC(CCOc2ccc(C3C=C(O)c4c(cc(O[C@@H]5O[C@H](C(=O)O)[C@](O)(CCCO)[C@@H](O)[C@H]5O)c(OCc5cccc(O)c5)c4O)O3)cc2)=N1. The zero-order valence-electron chi connectivity index (χ0n) is 28.1. The Morgan fingerprint density at radius 2 is 1.79 bits per heavy atom. The molecule has 16 heteroatoms. The minimum atomic E-state index is -2.50. The monoisotopic (exact) mass is 735 g/mol. The molecule has 53 heavy (non-hydrogen) atoms. The van der Waals surface area contributed by atoms with Crippen LogP contribution in [0.1, 0.15) is 42.1 Å². The van der Waals surface area contributed by atoms with Crippen LogP contribution in [0.2, 0.25) is 0 Å². The van der Waals surface area contributed by atoms with Gasteiger partial charge in [0.15, 0.2) is 23.3 Å². The van der Waals surface area contributed by atoms with Crippen LogP contribution in [-0.4, -0.2) is 102 Å². The van der Waals surface area contributed by atoms with Gasteiger partial charge in [0.1, 0.15) is 59.1 Å². The Morgan fingerprint density at radius 1 is 1.02 bits per heavy atom.